The maximum absolute atomic E-state index is 10.6. The van der Waals surface area contributed by atoms with Gasteiger partial charge in [-0.05, 0) is 30.0 Å². The van der Waals surface area contributed by atoms with E-state index in [1.807, 2.05) is 12.1 Å². The van der Waals surface area contributed by atoms with E-state index < -0.39 is 5.97 Å². The molecule has 0 aliphatic heterocycles. The van der Waals surface area contributed by atoms with Gasteiger partial charge in [0, 0.05) is 4.83 Å². The van der Waals surface area contributed by atoms with Gasteiger partial charge in [-0.3, -0.25) is 0 Å². The molecule has 0 radical (unpaired) electrons. The zero-order valence-electron chi connectivity index (χ0n) is 8.90. The van der Waals surface area contributed by atoms with Crippen LogP contribution >= 0.6 is 15.9 Å². The Bertz CT molecular complexity index is 330. The molecule has 0 amide bonds. The summed E-state index contributed by atoms with van der Waals surface area (Å²) in [6.07, 6.45) is 1.05. The molecular weight excluding hydrogens is 256 g/mol. The number of carboxylic acids is 1. The first-order valence-electron chi connectivity index (χ1n) is 4.98. The predicted molar refractivity (Wildman–Crippen MR) is 64.5 cm³/mol. The third-order valence-corrected chi connectivity index (χ3v) is 3.10. The molecule has 0 saturated heterocycles. The summed E-state index contributed by atoms with van der Waals surface area (Å²) in [6, 6.07) is 7.02. The van der Waals surface area contributed by atoms with Crippen molar-refractivity contribution in [3.63, 3.8) is 0 Å². The Balaban J connectivity index is 2.75. The lowest BCUT2D eigenvalue weighted by Gasteiger charge is -2.12. The van der Waals surface area contributed by atoms with Gasteiger partial charge in [-0.1, -0.05) is 41.9 Å². The van der Waals surface area contributed by atoms with E-state index in [9.17, 15) is 4.79 Å². The van der Waals surface area contributed by atoms with Crippen LogP contribution in [0.5, 0.6) is 0 Å². The SMILES string of the molecule is CC(C)CC(Br)c1ccc(C(=O)O)cc1. The molecule has 15 heavy (non-hydrogen) atoms. The summed E-state index contributed by atoms with van der Waals surface area (Å²) in [5.74, 6) is -0.259. The Hall–Kier alpha value is -0.830. The third-order valence-electron chi connectivity index (χ3n) is 2.20. The normalized spacial score (nSPS) is 12.8. The van der Waals surface area contributed by atoms with E-state index in [4.69, 9.17) is 5.11 Å². The number of hydrogen-bond acceptors (Lipinski definition) is 1. The summed E-state index contributed by atoms with van der Waals surface area (Å²) < 4.78 is 0. The van der Waals surface area contributed by atoms with Crippen LogP contribution in [0, 0.1) is 5.92 Å². The molecule has 0 aliphatic rings. The summed E-state index contributed by atoms with van der Waals surface area (Å²) >= 11 is 3.60. The van der Waals surface area contributed by atoms with Crippen molar-refractivity contribution in [2.24, 2.45) is 5.92 Å². The van der Waals surface area contributed by atoms with Crippen molar-refractivity contribution >= 4 is 21.9 Å². The molecule has 82 valence electrons. The average Bonchev–Trinajstić information content (AvgIpc) is 2.17. The highest BCUT2D eigenvalue weighted by atomic mass is 79.9. The summed E-state index contributed by atoms with van der Waals surface area (Å²) in [5.41, 5.74) is 1.47. The van der Waals surface area contributed by atoms with Crippen molar-refractivity contribution in [3.05, 3.63) is 35.4 Å². The molecule has 1 N–H and O–H groups in total. The van der Waals surface area contributed by atoms with Gasteiger partial charge in [0.1, 0.15) is 0 Å². The van der Waals surface area contributed by atoms with Gasteiger partial charge < -0.3 is 5.11 Å². The standard InChI is InChI=1S/C12H15BrO2/c1-8(2)7-11(13)9-3-5-10(6-4-9)12(14)15/h3-6,8,11H,7H2,1-2H3,(H,14,15). The van der Waals surface area contributed by atoms with Crippen LogP contribution in [0.1, 0.15) is 41.0 Å². The molecule has 1 aromatic rings. The Morgan fingerprint density at radius 3 is 2.27 bits per heavy atom. The van der Waals surface area contributed by atoms with Crippen molar-refractivity contribution in [2.45, 2.75) is 25.1 Å². The fraction of sp³-hybridized carbons (Fsp3) is 0.417. The van der Waals surface area contributed by atoms with Crippen LogP contribution in [0.25, 0.3) is 0 Å². The number of carboxylic acid groups (broad SMARTS) is 1. The van der Waals surface area contributed by atoms with E-state index in [2.05, 4.69) is 29.8 Å². The number of benzene rings is 1. The molecule has 0 aliphatic carbocycles. The molecule has 2 nitrogen and oxygen atoms in total. The van der Waals surface area contributed by atoms with E-state index in [1.165, 1.54) is 0 Å². The lowest BCUT2D eigenvalue weighted by molar-refractivity contribution is 0.0697. The zero-order chi connectivity index (χ0) is 11.4. The van der Waals surface area contributed by atoms with Crippen LogP contribution < -0.4 is 0 Å². The summed E-state index contributed by atoms with van der Waals surface area (Å²) in [5, 5.41) is 8.75. The van der Waals surface area contributed by atoms with Crippen LogP contribution in [0.3, 0.4) is 0 Å². The largest absolute Gasteiger partial charge is 0.478 e. The molecular formula is C12H15BrO2. The molecule has 1 atom stereocenters. The number of aromatic carboxylic acids is 1. The second-order valence-electron chi connectivity index (χ2n) is 4.02. The Labute approximate surface area is 98.4 Å². The van der Waals surface area contributed by atoms with Crippen LogP contribution in [0.4, 0.5) is 0 Å². The zero-order valence-corrected chi connectivity index (χ0v) is 10.5. The number of carbonyl (C=O) groups is 1. The summed E-state index contributed by atoms with van der Waals surface area (Å²) in [7, 11) is 0. The molecule has 0 saturated carbocycles. The molecule has 0 spiro atoms. The lowest BCUT2D eigenvalue weighted by Crippen LogP contribution is -1.99. The molecule has 0 aromatic heterocycles. The van der Waals surface area contributed by atoms with Crippen molar-refractivity contribution in [2.75, 3.05) is 0 Å². The molecule has 1 aromatic carbocycles. The molecule has 0 fully saturated rings. The van der Waals surface area contributed by atoms with Gasteiger partial charge in [0.15, 0.2) is 0 Å². The van der Waals surface area contributed by atoms with Crippen molar-refractivity contribution in [3.8, 4) is 0 Å². The average molecular weight is 271 g/mol. The van der Waals surface area contributed by atoms with Crippen molar-refractivity contribution < 1.29 is 9.90 Å². The van der Waals surface area contributed by atoms with E-state index in [-0.39, 0.29) is 0 Å². The Morgan fingerprint density at radius 1 is 1.33 bits per heavy atom. The summed E-state index contributed by atoms with van der Waals surface area (Å²) in [6.45, 7) is 4.33. The van der Waals surface area contributed by atoms with E-state index in [0.29, 0.717) is 16.3 Å². The van der Waals surface area contributed by atoms with Gasteiger partial charge in [-0.25, -0.2) is 4.79 Å². The van der Waals surface area contributed by atoms with Crippen LogP contribution in [0.2, 0.25) is 0 Å². The van der Waals surface area contributed by atoms with Crippen LogP contribution in [-0.2, 0) is 0 Å². The Morgan fingerprint density at radius 2 is 1.87 bits per heavy atom. The van der Waals surface area contributed by atoms with Gasteiger partial charge in [-0.2, -0.15) is 0 Å². The van der Waals surface area contributed by atoms with Crippen molar-refractivity contribution in [1.82, 2.24) is 0 Å². The predicted octanol–water partition coefficient (Wildman–Crippen LogP) is 3.87. The van der Waals surface area contributed by atoms with Crippen LogP contribution in [0.15, 0.2) is 24.3 Å². The topological polar surface area (TPSA) is 37.3 Å². The van der Waals surface area contributed by atoms with Crippen molar-refractivity contribution in [1.29, 1.82) is 0 Å². The second kappa shape index (κ2) is 5.31. The quantitative estimate of drug-likeness (QED) is 0.844. The smallest absolute Gasteiger partial charge is 0.335 e. The van der Waals surface area contributed by atoms with Gasteiger partial charge in [-0.15, -0.1) is 0 Å². The molecule has 3 heteroatoms. The van der Waals surface area contributed by atoms with Gasteiger partial charge in [0.05, 0.1) is 5.56 Å². The second-order valence-corrected chi connectivity index (χ2v) is 5.13. The summed E-state index contributed by atoms with van der Waals surface area (Å²) in [4.78, 5) is 11.0. The highest BCUT2D eigenvalue weighted by Crippen LogP contribution is 2.29. The maximum Gasteiger partial charge on any atom is 0.335 e. The first-order chi connectivity index (χ1) is 7.00. The first kappa shape index (κ1) is 12.2. The van der Waals surface area contributed by atoms with Gasteiger partial charge in [0.2, 0.25) is 0 Å². The van der Waals surface area contributed by atoms with E-state index in [1.54, 1.807) is 12.1 Å². The molecule has 1 rings (SSSR count). The van der Waals surface area contributed by atoms with E-state index >= 15 is 0 Å². The first-order valence-corrected chi connectivity index (χ1v) is 5.89. The fourth-order valence-corrected chi connectivity index (χ4v) is 2.44. The minimum Gasteiger partial charge on any atom is -0.478 e. The Kier molecular flexibility index (Phi) is 4.33. The van der Waals surface area contributed by atoms with E-state index in [0.717, 1.165) is 12.0 Å². The number of alkyl halides is 1. The highest BCUT2D eigenvalue weighted by Gasteiger charge is 2.10. The maximum atomic E-state index is 10.6. The third kappa shape index (κ3) is 3.67. The molecule has 0 bridgehead atoms. The fourth-order valence-electron chi connectivity index (χ4n) is 1.38. The van der Waals surface area contributed by atoms with Gasteiger partial charge in [0.25, 0.3) is 0 Å². The monoisotopic (exact) mass is 270 g/mol. The van der Waals surface area contributed by atoms with Crippen LogP contribution in [-0.4, -0.2) is 11.1 Å². The lowest BCUT2D eigenvalue weighted by atomic mass is 10.0. The number of hydrogen-bond donors (Lipinski definition) is 1. The highest BCUT2D eigenvalue weighted by molar-refractivity contribution is 9.09. The number of halogens is 1. The minimum absolute atomic E-state index is 0.306. The minimum atomic E-state index is -0.878. The molecule has 0 heterocycles. The van der Waals surface area contributed by atoms with Gasteiger partial charge >= 0.3 is 5.97 Å². The molecule has 1 unspecified atom stereocenters. The number of rotatable bonds is 4.